The van der Waals surface area contributed by atoms with Gasteiger partial charge in [-0.1, -0.05) is 25.1 Å². The number of nitrogens with one attached hydrogen (secondary N) is 1. The molecule has 16 heavy (non-hydrogen) atoms. The summed E-state index contributed by atoms with van der Waals surface area (Å²) in [6.45, 7) is 3.90. The van der Waals surface area contributed by atoms with Crippen LogP contribution in [0.15, 0.2) is 30.5 Å². The van der Waals surface area contributed by atoms with Gasteiger partial charge >= 0.3 is 0 Å². The Hall–Kier alpha value is -1.61. The van der Waals surface area contributed by atoms with E-state index < -0.39 is 0 Å². The van der Waals surface area contributed by atoms with Crippen molar-refractivity contribution >= 4 is 10.8 Å². The highest BCUT2D eigenvalue weighted by molar-refractivity contribution is 5.89. The fraction of sp³-hybridized carbons (Fsp3) is 0.308. The van der Waals surface area contributed by atoms with Crippen molar-refractivity contribution in [3.63, 3.8) is 0 Å². The number of hydrogen-bond donors (Lipinski definition) is 1. The summed E-state index contributed by atoms with van der Waals surface area (Å²) in [5.74, 6) is 0.691. The van der Waals surface area contributed by atoms with Crippen molar-refractivity contribution in [3.8, 4) is 5.88 Å². The van der Waals surface area contributed by atoms with Gasteiger partial charge in [-0.15, -0.1) is 0 Å². The fourth-order valence-corrected chi connectivity index (χ4v) is 1.79. The SMILES string of the molecule is CCNCc1cnc(OC)c2ccccc12. The monoisotopic (exact) mass is 216 g/mol. The Balaban J connectivity index is 2.51. The molecule has 0 spiro atoms. The first-order valence-electron chi connectivity index (χ1n) is 5.48. The molecule has 1 aromatic carbocycles. The number of pyridine rings is 1. The molecule has 0 radical (unpaired) electrons. The molecule has 1 N–H and O–H groups in total. The third-order valence-corrected chi connectivity index (χ3v) is 2.60. The Bertz CT molecular complexity index is 482. The molecule has 0 aliphatic carbocycles. The number of benzene rings is 1. The Morgan fingerprint density at radius 2 is 2.00 bits per heavy atom. The second-order valence-electron chi connectivity index (χ2n) is 3.62. The van der Waals surface area contributed by atoms with Crippen molar-refractivity contribution in [1.29, 1.82) is 0 Å². The lowest BCUT2D eigenvalue weighted by atomic mass is 10.1. The molecular weight excluding hydrogens is 200 g/mol. The molecular formula is C13H16N2O. The molecule has 0 bridgehead atoms. The van der Waals surface area contributed by atoms with E-state index in [1.807, 2.05) is 24.4 Å². The van der Waals surface area contributed by atoms with E-state index in [1.54, 1.807) is 7.11 Å². The average molecular weight is 216 g/mol. The van der Waals surface area contributed by atoms with Crippen LogP contribution in [-0.4, -0.2) is 18.6 Å². The molecule has 0 fully saturated rings. The first-order chi connectivity index (χ1) is 7.86. The topological polar surface area (TPSA) is 34.2 Å². The van der Waals surface area contributed by atoms with Crippen molar-refractivity contribution in [3.05, 3.63) is 36.0 Å². The predicted molar refractivity (Wildman–Crippen MR) is 65.7 cm³/mol. The number of hydrogen-bond acceptors (Lipinski definition) is 3. The Labute approximate surface area is 95.5 Å². The molecule has 0 aliphatic rings. The van der Waals surface area contributed by atoms with E-state index in [9.17, 15) is 0 Å². The van der Waals surface area contributed by atoms with Gasteiger partial charge in [-0.2, -0.15) is 0 Å². The van der Waals surface area contributed by atoms with Crippen LogP contribution in [0.1, 0.15) is 12.5 Å². The standard InChI is InChI=1S/C13H16N2O/c1-3-14-8-10-9-15-13(16-2)12-7-5-4-6-11(10)12/h4-7,9,14H,3,8H2,1-2H3. The summed E-state index contributed by atoms with van der Waals surface area (Å²) in [6, 6.07) is 8.18. The van der Waals surface area contributed by atoms with E-state index in [4.69, 9.17) is 4.74 Å². The zero-order valence-electron chi connectivity index (χ0n) is 9.66. The van der Waals surface area contributed by atoms with Gasteiger partial charge in [-0.05, 0) is 23.6 Å². The van der Waals surface area contributed by atoms with Crippen LogP contribution in [0, 0.1) is 0 Å². The summed E-state index contributed by atoms with van der Waals surface area (Å²) in [7, 11) is 1.65. The van der Waals surface area contributed by atoms with Crippen molar-refractivity contribution in [2.75, 3.05) is 13.7 Å². The minimum Gasteiger partial charge on any atom is -0.481 e. The zero-order valence-corrected chi connectivity index (χ0v) is 9.66. The normalized spacial score (nSPS) is 10.6. The maximum absolute atomic E-state index is 5.26. The van der Waals surface area contributed by atoms with Gasteiger partial charge in [0, 0.05) is 18.1 Å². The second-order valence-corrected chi connectivity index (χ2v) is 3.62. The lowest BCUT2D eigenvalue weighted by Crippen LogP contribution is -2.12. The molecule has 2 rings (SSSR count). The molecule has 1 heterocycles. The largest absolute Gasteiger partial charge is 0.481 e. The number of aromatic nitrogens is 1. The van der Waals surface area contributed by atoms with Crippen LogP contribution in [0.4, 0.5) is 0 Å². The number of nitrogens with zero attached hydrogens (tertiary/aromatic N) is 1. The van der Waals surface area contributed by atoms with E-state index >= 15 is 0 Å². The first kappa shape index (κ1) is 10.9. The first-order valence-corrected chi connectivity index (χ1v) is 5.48. The zero-order chi connectivity index (χ0) is 11.4. The number of methoxy groups -OCH3 is 1. The van der Waals surface area contributed by atoms with Gasteiger partial charge in [0.15, 0.2) is 0 Å². The lowest BCUT2D eigenvalue weighted by molar-refractivity contribution is 0.403. The van der Waals surface area contributed by atoms with E-state index in [0.717, 1.165) is 18.5 Å². The Morgan fingerprint density at radius 3 is 2.69 bits per heavy atom. The summed E-state index contributed by atoms with van der Waals surface area (Å²) in [5, 5.41) is 5.59. The van der Waals surface area contributed by atoms with Gasteiger partial charge in [-0.3, -0.25) is 0 Å². The van der Waals surface area contributed by atoms with Crippen LogP contribution in [-0.2, 0) is 6.54 Å². The fourth-order valence-electron chi connectivity index (χ4n) is 1.79. The van der Waals surface area contributed by atoms with Crippen molar-refractivity contribution in [1.82, 2.24) is 10.3 Å². The van der Waals surface area contributed by atoms with Crippen LogP contribution in [0.25, 0.3) is 10.8 Å². The van der Waals surface area contributed by atoms with Gasteiger partial charge in [0.05, 0.1) is 7.11 Å². The van der Waals surface area contributed by atoms with Gasteiger partial charge in [-0.25, -0.2) is 4.98 Å². The molecule has 1 aromatic heterocycles. The van der Waals surface area contributed by atoms with Crippen LogP contribution < -0.4 is 10.1 Å². The minimum absolute atomic E-state index is 0.691. The quantitative estimate of drug-likeness (QED) is 0.851. The van der Waals surface area contributed by atoms with E-state index in [-0.39, 0.29) is 0 Å². The number of rotatable bonds is 4. The Kier molecular flexibility index (Phi) is 3.37. The third-order valence-electron chi connectivity index (χ3n) is 2.60. The van der Waals surface area contributed by atoms with E-state index in [0.29, 0.717) is 5.88 Å². The van der Waals surface area contributed by atoms with Gasteiger partial charge in [0.25, 0.3) is 0 Å². The number of ether oxygens (including phenoxy) is 1. The summed E-state index contributed by atoms with van der Waals surface area (Å²) in [5.41, 5.74) is 1.21. The van der Waals surface area contributed by atoms with Crippen molar-refractivity contribution in [2.24, 2.45) is 0 Å². The van der Waals surface area contributed by atoms with Crippen molar-refractivity contribution in [2.45, 2.75) is 13.5 Å². The molecule has 84 valence electrons. The van der Waals surface area contributed by atoms with E-state index in [2.05, 4.69) is 23.3 Å². The number of fused-ring (bicyclic) bond motifs is 1. The summed E-state index contributed by atoms with van der Waals surface area (Å²) < 4.78 is 5.26. The summed E-state index contributed by atoms with van der Waals surface area (Å²) in [6.07, 6.45) is 1.88. The van der Waals surface area contributed by atoms with Crippen LogP contribution in [0.3, 0.4) is 0 Å². The molecule has 0 unspecified atom stereocenters. The molecule has 3 heteroatoms. The lowest BCUT2D eigenvalue weighted by Gasteiger charge is -2.09. The van der Waals surface area contributed by atoms with Gasteiger partial charge in [0.2, 0.25) is 5.88 Å². The minimum atomic E-state index is 0.691. The average Bonchev–Trinajstić information content (AvgIpc) is 2.36. The van der Waals surface area contributed by atoms with Gasteiger partial charge < -0.3 is 10.1 Å². The smallest absolute Gasteiger partial charge is 0.221 e. The highest BCUT2D eigenvalue weighted by Crippen LogP contribution is 2.25. The predicted octanol–water partition coefficient (Wildman–Crippen LogP) is 2.35. The molecule has 0 amide bonds. The highest BCUT2D eigenvalue weighted by Gasteiger charge is 2.06. The van der Waals surface area contributed by atoms with Crippen LogP contribution >= 0.6 is 0 Å². The third kappa shape index (κ3) is 1.99. The molecule has 0 saturated heterocycles. The second kappa shape index (κ2) is 4.94. The highest BCUT2D eigenvalue weighted by atomic mass is 16.5. The molecule has 0 aliphatic heterocycles. The Morgan fingerprint density at radius 1 is 1.25 bits per heavy atom. The molecule has 3 nitrogen and oxygen atoms in total. The van der Waals surface area contributed by atoms with E-state index in [1.165, 1.54) is 10.9 Å². The molecule has 0 saturated carbocycles. The maximum atomic E-state index is 5.26. The van der Waals surface area contributed by atoms with Crippen molar-refractivity contribution < 1.29 is 4.74 Å². The van der Waals surface area contributed by atoms with Gasteiger partial charge in [0.1, 0.15) is 0 Å². The summed E-state index contributed by atoms with van der Waals surface area (Å²) in [4.78, 5) is 4.32. The summed E-state index contributed by atoms with van der Waals surface area (Å²) >= 11 is 0. The van der Waals surface area contributed by atoms with Crippen LogP contribution in [0.2, 0.25) is 0 Å². The molecule has 2 aromatic rings. The molecule has 0 atom stereocenters. The van der Waals surface area contributed by atoms with Crippen LogP contribution in [0.5, 0.6) is 5.88 Å². The maximum Gasteiger partial charge on any atom is 0.221 e.